The Morgan fingerprint density at radius 2 is 1.89 bits per heavy atom. The number of nitrogens with two attached hydrogens (primary N) is 1. The van der Waals surface area contributed by atoms with Crippen molar-refractivity contribution in [2.45, 2.75) is 19.1 Å². The molecule has 18 heavy (non-hydrogen) atoms. The lowest BCUT2D eigenvalue weighted by molar-refractivity contribution is -0.149. The topological polar surface area (TPSA) is 113 Å². The maximum Gasteiger partial charge on any atom is 0.342 e. The molecule has 0 bridgehead atoms. The summed E-state index contributed by atoms with van der Waals surface area (Å²) < 4.78 is 18.1. The van der Waals surface area contributed by atoms with Crippen molar-refractivity contribution in [1.29, 1.82) is 0 Å². The molecule has 0 saturated heterocycles. The maximum absolute atomic E-state index is 13.6. The van der Waals surface area contributed by atoms with E-state index in [1.807, 2.05) is 0 Å². The predicted molar refractivity (Wildman–Crippen MR) is 59.9 cm³/mol. The SMILES string of the molecule is CCOC(=O)C(F)[C@H](N)c1c(O)cc(O)cc1O. The number of hydrogen-bond acceptors (Lipinski definition) is 6. The molecule has 1 unspecified atom stereocenters. The molecule has 0 radical (unpaired) electrons. The minimum absolute atomic E-state index is 0.0144. The number of ether oxygens (including phenoxy) is 1. The molecule has 1 rings (SSSR count). The zero-order chi connectivity index (χ0) is 13.9. The van der Waals surface area contributed by atoms with Gasteiger partial charge in [0.15, 0.2) is 0 Å². The van der Waals surface area contributed by atoms with Crippen LogP contribution in [0, 0.1) is 0 Å². The largest absolute Gasteiger partial charge is 0.508 e. The van der Waals surface area contributed by atoms with Crippen molar-refractivity contribution in [1.82, 2.24) is 0 Å². The molecule has 1 aromatic rings. The number of esters is 1. The molecule has 1 aromatic carbocycles. The van der Waals surface area contributed by atoms with Crippen molar-refractivity contribution in [3.05, 3.63) is 17.7 Å². The first-order valence-corrected chi connectivity index (χ1v) is 5.19. The summed E-state index contributed by atoms with van der Waals surface area (Å²) >= 11 is 0. The van der Waals surface area contributed by atoms with Crippen LogP contribution >= 0.6 is 0 Å². The smallest absolute Gasteiger partial charge is 0.342 e. The first-order valence-electron chi connectivity index (χ1n) is 5.19. The van der Waals surface area contributed by atoms with Crippen LogP contribution in [0.25, 0.3) is 0 Å². The molecule has 0 saturated carbocycles. The summed E-state index contributed by atoms with van der Waals surface area (Å²) in [5, 5.41) is 28.1. The van der Waals surface area contributed by atoms with Gasteiger partial charge in [0.05, 0.1) is 18.2 Å². The molecule has 2 atom stereocenters. The van der Waals surface area contributed by atoms with E-state index >= 15 is 0 Å². The monoisotopic (exact) mass is 259 g/mol. The van der Waals surface area contributed by atoms with Crippen molar-refractivity contribution < 1.29 is 29.2 Å². The lowest BCUT2D eigenvalue weighted by atomic mass is 10.0. The lowest BCUT2D eigenvalue weighted by Gasteiger charge is -2.18. The number of phenols is 3. The van der Waals surface area contributed by atoms with E-state index in [2.05, 4.69) is 4.74 Å². The number of rotatable bonds is 4. The summed E-state index contributed by atoms with van der Waals surface area (Å²) in [4.78, 5) is 11.2. The van der Waals surface area contributed by atoms with Gasteiger partial charge in [-0.25, -0.2) is 9.18 Å². The molecule has 5 N–H and O–H groups in total. The first-order chi connectivity index (χ1) is 8.38. The van der Waals surface area contributed by atoms with Crippen LogP contribution < -0.4 is 5.73 Å². The average molecular weight is 259 g/mol. The highest BCUT2D eigenvalue weighted by Gasteiger charge is 2.31. The Balaban J connectivity index is 3.03. The molecule has 0 spiro atoms. The van der Waals surface area contributed by atoms with Crippen LogP contribution in [0.5, 0.6) is 17.2 Å². The van der Waals surface area contributed by atoms with Crippen molar-refractivity contribution in [3.63, 3.8) is 0 Å². The summed E-state index contributed by atoms with van der Waals surface area (Å²) in [6.07, 6.45) is -2.23. The number of phenolic OH excluding ortho intramolecular Hbond substituents is 3. The summed E-state index contributed by atoms with van der Waals surface area (Å²) in [5.74, 6) is -2.80. The zero-order valence-corrected chi connectivity index (χ0v) is 9.63. The van der Waals surface area contributed by atoms with Gasteiger partial charge in [0.1, 0.15) is 17.2 Å². The van der Waals surface area contributed by atoms with Crippen LogP contribution in [0.4, 0.5) is 4.39 Å². The Morgan fingerprint density at radius 3 is 2.33 bits per heavy atom. The molecule has 0 fully saturated rings. The van der Waals surface area contributed by atoms with Gasteiger partial charge in [-0.05, 0) is 6.92 Å². The van der Waals surface area contributed by atoms with E-state index in [4.69, 9.17) is 10.8 Å². The van der Waals surface area contributed by atoms with Gasteiger partial charge in [-0.3, -0.25) is 0 Å². The Hall–Kier alpha value is -2.02. The van der Waals surface area contributed by atoms with Gasteiger partial charge in [-0.15, -0.1) is 0 Å². The molecular formula is C11H14FNO5. The highest BCUT2D eigenvalue weighted by Crippen LogP contribution is 2.37. The summed E-state index contributed by atoms with van der Waals surface area (Å²) in [6.45, 7) is 1.49. The fourth-order valence-electron chi connectivity index (χ4n) is 1.46. The quantitative estimate of drug-likeness (QED) is 0.592. The third kappa shape index (κ3) is 2.80. The number of alkyl halides is 1. The second-order valence-electron chi connectivity index (χ2n) is 3.58. The highest BCUT2D eigenvalue weighted by atomic mass is 19.1. The Kier molecular flexibility index (Phi) is 4.33. The molecule has 0 aliphatic heterocycles. The lowest BCUT2D eigenvalue weighted by Crippen LogP contribution is -2.31. The van der Waals surface area contributed by atoms with Crippen LogP contribution in [0.1, 0.15) is 18.5 Å². The second kappa shape index (κ2) is 5.54. The number of halogens is 1. The van der Waals surface area contributed by atoms with Crippen LogP contribution in [0.3, 0.4) is 0 Å². The maximum atomic E-state index is 13.6. The van der Waals surface area contributed by atoms with Crippen LogP contribution in [0.15, 0.2) is 12.1 Å². The molecule has 100 valence electrons. The van der Waals surface area contributed by atoms with E-state index in [0.29, 0.717) is 0 Å². The Bertz CT molecular complexity index is 428. The zero-order valence-electron chi connectivity index (χ0n) is 9.63. The van der Waals surface area contributed by atoms with E-state index < -0.39 is 35.4 Å². The molecule has 0 aliphatic carbocycles. The Morgan fingerprint density at radius 1 is 1.39 bits per heavy atom. The van der Waals surface area contributed by atoms with Gasteiger partial charge in [-0.1, -0.05) is 0 Å². The average Bonchev–Trinajstić information content (AvgIpc) is 2.26. The van der Waals surface area contributed by atoms with E-state index in [-0.39, 0.29) is 12.2 Å². The molecule has 0 aromatic heterocycles. The minimum Gasteiger partial charge on any atom is -0.508 e. The van der Waals surface area contributed by atoms with Gasteiger partial charge >= 0.3 is 5.97 Å². The van der Waals surface area contributed by atoms with Gasteiger partial charge in [-0.2, -0.15) is 0 Å². The van der Waals surface area contributed by atoms with Crippen LogP contribution in [0.2, 0.25) is 0 Å². The molecule has 0 aliphatic rings. The highest BCUT2D eigenvalue weighted by molar-refractivity contribution is 5.76. The van der Waals surface area contributed by atoms with E-state index in [9.17, 15) is 19.4 Å². The third-order valence-electron chi connectivity index (χ3n) is 2.28. The number of aromatic hydroxyl groups is 3. The minimum atomic E-state index is -2.23. The summed E-state index contributed by atoms with van der Waals surface area (Å²) in [6, 6.07) is 0.171. The van der Waals surface area contributed by atoms with Crippen molar-refractivity contribution >= 4 is 5.97 Å². The molecule has 6 nitrogen and oxygen atoms in total. The molecule has 0 heterocycles. The summed E-state index contributed by atoms with van der Waals surface area (Å²) in [7, 11) is 0. The number of hydrogen-bond donors (Lipinski definition) is 4. The van der Waals surface area contributed by atoms with Crippen molar-refractivity contribution in [3.8, 4) is 17.2 Å². The summed E-state index contributed by atoms with van der Waals surface area (Å²) in [5.41, 5.74) is 5.08. The number of carbonyl (C=O) groups excluding carboxylic acids is 1. The van der Waals surface area contributed by atoms with Gasteiger partial charge < -0.3 is 25.8 Å². The molecular weight excluding hydrogens is 245 g/mol. The molecule has 7 heteroatoms. The molecule has 0 amide bonds. The van der Waals surface area contributed by atoms with E-state index in [1.54, 1.807) is 0 Å². The number of carbonyl (C=O) groups is 1. The van der Waals surface area contributed by atoms with Crippen molar-refractivity contribution in [2.24, 2.45) is 5.73 Å². The normalized spacial score (nSPS) is 13.9. The fraction of sp³-hybridized carbons (Fsp3) is 0.364. The van der Waals surface area contributed by atoms with Crippen LogP contribution in [-0.2, 0) is 9.53 Å². The second-order valence-corrected chi connectivity index (χ2v) is 3.58. The van der Waals surface area contributed by atoms with Gasteiger partial charge in [0.25, 0.3) is 0 Å². The Labute approximate surface area is 102 Å². The number of benzene rings is 1. The van der Waals surface area contributed by atoms with Gasteiger partial charge in [0.2, 0.25) is 6.17 Å². The predicted octanol–water partition coefficient (Wildman–Crippen LogP) is 0.704. The van der Waals surface area contributed by atoms with Crippen LogP contribution in [-0.4, -0.2) is 34.1 Å². The van der Waals surface area contributed by atoms with Gasteiger partial charge in [0, 0.05) is 12.1 Å². The van der Waals surface area contributed by atoms with E-state index in [0.717, 1.165) is 12.1 Å². The standard InChI is InChI=1S/C11H14FNO5/c1-2-18-11(17)9(12)10(13)8-6(15)3-5(14)4-7(8)16/h3-4,9-10,14-16H,2,13H2,1H3/t9?,10-/m1/s1. The van der Waals surface area contributed by atoms with E-state index in [1.165, 1.54) is 6.92 Å². The fourth-order valence-corrected chi connectivity index (χ4v) is 1.46. The first kappa shape index (κ1) is 14.0. The van der Waals surface area contributed by atoms with Crippen molar-refractivity contribution in [2.75, 3.05) is 6.61 Å². The third-order valence-corrected chi connectivity index (χ3v) is 2.28.